The molecule has 1 aliphatic rings. The lowest BCUT2D eigenvalue weighted by Crippen LogP contribution is -2.14. The van der Waals surface area contributed by atoms with E-state index in [4.69, 9.17) is 14.2 Å². The summed E-state index contributed by atoms with van der Waals surface area (Å²) in [5.74, 6) is 1.90. The fraction of sp³-hybridized carbons (Fsp3) is 0.160. The van der Waals surface area contributed by atoms with Crippen molar-refractivity contribution in [3.05, 3.63) is 78.4 Å². The van der Waals surface area contributed by atoms with E-state index in [1.807, 2.05) is 79.7 Å². The van der Waals surface area contributed by atoms with Crippen molar-refractivity contribution in [2.24, 2.45) is 0 Å². The van der Waals surface area contributed by atoms with Gasteiger partial charge in [0.05, 0.1) is 18.7 Å². The molecule has 3 aromatic carbocycles. The molecule has 0 fully saturated rings. The van der Waals surface area contributed by atoms with Gasteiger partial charge < -0.3 is 19.5 Å². The average molecular weight is 442 g/mol. The van der Waals surface area contributed by atoms with E-state index >= 15 is 0 Å². The third-order valence-electron chi connectivity index (χ3n) is 5.10. The Morgan fingerprint density at radius 2 is 1.82 bits per heavy atom. The number of nitrogens with zero attached hydrogens (tertiary/aromatic N) is 3. The van der Waals surface area contributed by atoms with Gasteiger partial charge in [-0.3, -0.25) is 4.79 Å². The molecule has 0 saturated carbocycles. The summed E-state index contributed by atoms with van der Waals surface area (Å²) in [5.41, 5.74) is 3.26. The largest absolute Gasteiger partial charge is 0.463 e. The van der Waals surface area contributed by atoms with Gasteiger partial charge in [-0.15, -0.1) is 5.10 Å². The smallest absolute Gasteiger partial charge is 0.336 e. The van der Waals surface area contributed by atoms with Crippen molar-refractivity contribution in [2.75, 3.05) is 18.7 Å². The number of benzene rings is 3. The molecule has 5 rings (SSSR count). The van der Waals surface area contributed by atoms with Crippen LogP contribution in [0.25, 0.3) is 17.1 Å². The lowest BCUT2D eigenvalue weighted by Gasteiger charge is -2.09. The van der Waals surface area contributed by atoms with Gasteiger partial charge in [-0.05, 0) is 55.0 Å². The molecular formula is C25H22N4O4. The first-order chi connectivity index (χ1) is 16.2. The van der Waals surface area contributed by atoms with Crippen LogP contribution >= 0.6 is 0 Å². The first-order valence-electron chi connectivity index (χ1n) is 10.6. The van der Waals surface area contributed by atoms with Gasteiger partial charge in [-0.25, -0.2) is 4.68 Å². The molecule has 33 heavy (non-hydrogen) atoms. The van der Waals surface area contributed by atoms with Gasteiger partial charge in [0.1, 0.15) is 0 Å². The molecule has 8 heteroatoms. The number of anilines is 1. The number of hydrogen-bond acceptors (Lipinski definition) is 6. The molecule has 0 radical (unpaired) electrons. The van der Waals surface area contributed by atoms with Gasteiger partial charge in [0.15, 0.2) is 17.3 Å². The molecule has 1 N–H and O–H groups in total. The molecule has 1 aliphatic heterocycles. The third-order valence-corrected chi connectivity index (χ3v) is 5.10. The Morgan fingerprint density at radius 3 is 2.61 bits per heavy atom. The van der Waals surface area contributed by atoms with Crippen LogP contribution in [0.5, 0.6) is 17.5 Å². The highest BCUT2D eigenvalue weighted by Gasteiger charge is 2.19. The van der Waals surface area contributed by atoms with Gasteiger partial charge in [-0.2, -0.15) is 4.98 Å². The van der Waals surface area contributed by atoms with E-state index in [2.05, 4.69) is 15.4 Å². The quantitative estimate of drug-likeness (QED) is 0.461. The Bertz CT molecular complexity index is 1270. The molecule has 0 unspecified atom stereocenters. The highest BCUT2D eigenvalue weighted by Crippen LogP contribution is 2.36. The lowest BCUT2D eigenvalue weighted by atomic mass is 10.1. The molecule has 0 bridgehead atoms. The van der Waals surface area contributed by atoms with Crippen molar-refractivity contribution in [2.45, 2.75) is 13.3 Å². The summed E-state index contributed by atoms with van der Waals surface area (Å²) in [5, 5.41) is 7.44. The van der Waals surface area contributed by atoms with E-state index in [1.54, 1.807) is 4.68 Å². The second kappa shape index (κ2) is 9.04. The molecule has 0 atom stereocenters. The van der Waals surface area contributed by atoms with E-state index in [-0.39, 0.29) is 18.7 Å². The highest BCUT2D eigenvalue weighted by atomic mass is 16.7. The number of hydrogen-bond donors (Lipinski definition) is 1. The van der Waals surface area contributed by atoms with Gasteiger partial charge in [0.2, 0.25) is 12.7 Å². The molecular weight excluding hydrogens is 420 g/mol. The van der Waals surface area contributed by atoms with E-state index in [0.29, 0.717) is 36.0 Å². The maximum Gasteiger partial charge on any atom is 0.336 e. The first-order valence-corrected chi connectivity index (χ1v) is 10.6. The standard InChI is InChI=1S/C25H22N4O4/c1-2-31-25-27-24(18-8-13-21-22(15-18)33-16-32-21)29(28-25)20-11-9-19(10-12-20)26-23(30)14-17-6-4-3-5-7-17/h3-13,15H,2,14,16H2,1H3,(H,26,30). The minimum absolute atomic E-state index is 0.0746. The SMILES string of the molecule is CCOc1nc(-c2ccc3c(c2)OCO3)n(-c2ccc(NC(=O)Cc3ccccc3)cc2)n1. The summed E-state index contributed by atoms with van der Waals surface area (Å²) in [6, 6.07) is 23.0. The second-order valence-corrected chi connectivity index (χ2v) is 7.39. The molecule has 1 aromatic heterocycles. The zero-order valence-corrected chi connectivity index (χ0v) is 18.0. The molecule has 0 aliphatic carbocycles. The molecule has 1 amide bonds. The van der Waals surface area contributed by atoms with Gasteiger partial charge >= 0.3 is 6.01 Å². The van der Waals surface area contributed by atoms with Crippen molar-refractivity contribution < 1.29 is 19.0 Å². The normalized spacial score (nSPS) is 11.9. The predicted molar refractivity (Wildman–Crippen MR) is 123 cm³/mol. The molecule has 2 heterocycles. The van der Waals surface area contributed by atoms with Crippen LogP contribution in [0.3, 0.4) is 0 Å². The van der Waals surface area contributed by atoms with E-state index in [0.717, 1.165) is 16.8 Å². The van der Waals surface area contributed by atoms with Gasteiger partial charge in [-0.1, -0.05) is 30.3 Å². The van der Waals surface area contributed by atoms with Crippen molar-refractivity contribution in [1.82, 2.24) is 14.8 Å². The minimum atomic E-state index is -0.0746. The van der Waals surface area contributed by atoms with Crippen molar-refractivity contribution in [3.63, 3.8) is 0 Å². The number of carbonyl (C=O) groups is 1. The fourth-order valence-corrected chi connectivity index (χ4v) is 3.56. The van der Waals surface area contributed by atoms with Crippen LogP contribution in [-0.2, 0) is 11.2 Å². The summed E-state index contributed by atoms with van der Waals surface area (Å²) >= 11 is 0. The first kappa shape index (κ1) is 20.6. The average Bonchev–Trinajstić information content (AvgIpc) is 3.47. The Morgan fingerprint density at radius 1 is 1.03 bits per heavy atom. The van der Waals surface area contributed by atoms with Crippen molar-refractivity contribution in [1.29, 1.82) is 0 Å². The molecule has 8 nitrogen and oxygen atoms in total. The molecule has 4 aromatic rings. The summed E-state index contributed by atoms with van der Waals surface area (Å²) in [7, 11) is 0. The number of carbonyl (C=O) groups excluding carboxylic acids is 1. The highest BCUT2D eigenvalue weighted by molar-refractivity contribution is 5.92. The third kappa shape index (κ3) is 4.50. The molecule has 0 saturated heterocycles. The number of fused-ring (bicyclic) bond motifs is 1. The van der Waals surface area contributed by atoms with Crippen LogP contribution in [0.15, 0.2) is 72.8 Å². The number of amides is 1. The Labute approximate surface area is 190 Å². The van der Waals surface area contributed by atoms with E-state index in [9.17, 15) is 4.79 Å². The monoisotopic (exact) mass is 442 g/mol. The van der Waals surface area contributed by atoms with Crippen LogP contribution in [-0.4, -0.2) is 34.1 Å². The summed E-state index contributed by atoms with van der Waals surface area (Å²) in [6.07, 6.45) is 0.317. The van der Waals surface area contributed by atoms with Crippen LogP contribution < -0.4 is 19.5 Å². The van der Waals surface area contributed by atoms with Gasteiger partial charge in [0, 0.05) is 11.3 Å². The van der Waals surface area contributed by atoms with Crippen LogP contribution in [0, 0.1) is 0 Å². The zero-order chi connectivity index (χ0) is 22.6. The van der Waals surface area contributed by atoms with Crippen molar-refractivity contribution >= 4 is 11.6 Å². The maximum atomic E-state index is 12.4. The molecule has 166 valence electrons. The van der Waals surface area contributed by atoms with Gasteiger partial charge in [0.25, 0.3) is 0 Å². The van der Waals surface area contributed by atoms with E-state index in [1.165, 1.54) is 0 Å². The zero-order valence-electron chi connectivity index (χ0n) is 18.0. The number of ether oxygens (including phenoxy) is 3. The minimum Gasteiger partial charge on any atom is -0.463 e. The fourth-order valence-electron chi connectivity index (χ4n) is 3.56. The van der Waals surface area contributed by atoms with Crippen molar-refractivity contribution in [3.8, 4) is 34.6 Å². The number of nitrogens with one attached hydrogen (secondary N) is 1. The Kier molecular flexibility index (Phi) is 5.63. The number of aromatic nitrogens is 3. The van der Waals surface area contributed by atoms with Crippen LogP contribution in [0.1, 0.15) is 12.5 Å². The maximum absolute atomic E-state index is 12.4. The summed E-state index contributed by atoms with van der Waals surface area (Å²) < 4.78 is 18.2. The summed E-state index contributed by atoms with van der Waals surface area (Å²) in [6.45, 7) is 2.54. The predicted octanol–water partition coefficient (Wildman–Crippen LogP) is 4.24. The summed E-state index contributed by atoms with van der Waals surface area (Å²) in [4.78, 5) is 16.9. The van der Waals surface area contributed by atoms with E-state index < -0.39 is 0 Å². The second-order valence-electron chi connectivity index (χ2n) is 7.39. The Balaban J connectivity index is 1.39. The molecule has 0 spiro atoms. The topological polar surface area (TPSA) is 87.5 Å². The van der Waals surface area contributed by atoms with Crippen LogP contribution in [0.2, 0.25) is 0 Å². The number of rotatable bonds is 7. The Hall–Kier alpha value is -4.33. The van der Waals surface area contributed by atoms with Crippen LogP contribution in [0.4, 0.5) is 5.69 Å². The lowest BCUT2D eigenvalue weighted by molar-refractivity contribution is -0.115.